The number of likely N-dealkylation sites (N-methyl/N-ethyl adjacent to an activating group) is 1. The smallest absolute Gasteiger partial charge is 0.132 e. The zero-order valence-corrected chi connectivity index (χ0v) is 9.45. The SMILES string of the molecule is COCCN(C)c1cc(C#N)cc(Cl)n1. The van der Waals surface area contributed by atoms with E-state index >= 15 is 0 Å². The Bertz CT molecular complexity index is 375. The summed E-state index contributed by atoms with van der Waals surface area (Å²) in [6, 6.07) is 5.27. The Morgan fingerprint density at radius 3 is 2.93 bits per heavy atom. The largest absolute Gasteiger partial charge is 0.383 e. The maximum atomic E-state index is 8.76. The summed E-state index contributed by atoms with van der Waals surface area (Å²) >= 11 is 5.79. The van der Waals surface area contributed by atoms with E-state index in [4.69, 9.17) is 21.6 Å². The molecular weight excluding hydrogens is 214 g/mol. The highest BCUT2D eigenvalue weighted by Gasteiger charge is 2.05. The third-order valence-corrected chi connectivity index (χ3v) is 2.13. The first-order valence-corrected chi connectivity index (χ1v) is 4.83. The number of rotatable bonds is 4. The van der Waals surface area contributed by atoms with Crippen LogP contribution in [0, 0.1) is 11.3 Å². The molecule has 0 bridgehead atoms. The molecule has 80 valence electrons. The Morgan fingerprint density at radius 1 is 1.60 bits per heavy atom. The van der Waals surface area contributed by atoms with Gasteiger partial charge in [0.25, 0.3) is 0 Å². The van der Waals surface area contributed by atoms with Gasteiger partial charge in [0.15, 0.2) is 0 Å². The van der Waals surface area contributed by atoms with Crippen LogP contribution in [0.3, 0.4) is 0 Å². The molecule has 0 aliphatic rings. The summed E-state index contributed by atoms with van der Waals surface area (Å²) < 4.78 is 4.95. The third-order valence-electron chi connectivity index (χ3n) is 1.93. The lowest BCUT2D eigenvalue weighted by Crippen LogP contribution is -2.23. The standard InChI is InChI=1S/C10H12ClN3O/c1-14(3-4-15-2)10-6-8(7-12)5-9(11)13-10/h5-6H,3-4H2,1-2H3. The van der Waals surface area contributed by atoms with Gasteiger partial charge in [-0.15, -0.1) is 0 Å². The van der Waals surface area contributed by atoms with Crippen LogP contribution in [0.15, 0.2) is 12.1 Å². The number of nitriles is 1. The van der Waals surface area contributed by atoms with Gasteiger partial charge in [-0.3, -0.25) is 0 Å². The van der Waals surface area contributed by atoms with Crippen LogP contribution in [0.25, 0.3) is 0 Å². The fourth-order valence-corrected chi connectivity index (χ4v) is 1.29. The molecular formula is C10H12ClN3O. The van der Waals surface area contributed by atoms with Gasteiger partial charge in [0, 0.05) is 20.7 Å². The van der Waals surface area contributed by atoms with Gasteiger partial charge in [0.05, 0.1) is 18.2 Å². The van der Waals surface area contributed by atoms with Gasteiger partial charge < -0.3 is 9.64 Å². The molecule has 0 aliphatic heterocycles. The molecule has 1 aromatic heterocycles. The van der Waals surface area contributed by atoms with Gasteiger partial charge in [0.2, 0.25) is 0 Å². The zero-order valence-electron chi connectivity index (χ0n) is 8.70. The molecule has 0 saturated carbocycles. The van der Waals surface area contributed by atoms with Crippen LogP contribution in [0.2, 0.25) is 5.15 Å². The molecule has 0 radical (unpaired) electrons. The highest BCUT2D eigenvalue weighted by Crippen LogP contribution is 2.16. The average Bonchev–Trinajstić information content (AvgIpc) is 2.24. The molecule has 0 aliphatic carbocycles. The van der Waals surface area contributed by atoms with Crippen LogP contribution in [0.5, 0.6) is 0 Å². The van der Waals surface area contributed by atoms with Gasteiger partial charge >= 0.3 is 0 Å². The molecule has 0 spiro atoms. The van der Waals surface area contributed by atoms with E-state index in [0.29, 0.717) is 29.7 Å². The lowest BCUT2D eigenvalue weighted by atomic mass is 10.3. The topological polar surface area (TPSA) is 49.1 Å². The second kappa shape index (κ2) is 5.54. The van der Waals surface area contributed by atoms with E-state index in [1.54, 1.807) is 13.2 Å². The average molecular weight is 226 g/mol. The second-order valence-electron chi connectivity index (χ2n) is 3.06. The van der Waals surface area contributed by atoms with Crippen molar-refractivity contribution >= 4 is 17.4 Å². The van der Waals surface area contributed by atoms with Crippen molar-refractivity contribution in [2.75, 3.05) is 32.2 Å². The van der Waals surface area contributed by atoms with E-state index in [9.17, 15) is 0 Å². The number of anilines is 1. The number of halogens is 1. The number of ether oxygens (including phenoxy) is 1. The number of hydrogen-bond acceptors (Lipinski definition) is 4. The van der Waals surface area contributed by atoms with E-state index in [-0.39, 0.29) is 0 Å². The van der Waals surface area contributed by atoms with E-state index in [1.165, 1.54) is 6.07 Å². The first kappa shape index (κ1) is 11.8. The highest BCUT2D eigenvalue weighted by molar-refractivity contribution is 6.29. The van der Waals surface area contributed by atoms with Crippen molar-refractivity contribution in [3.8, 4) is 6.07 Å². The Morgan fingerprint density at radius 2 is 2.33 bits per heavy atom. The predicted octanol–water partition coefficient (Wildman–Crippen LogP) is 1.69. The minimum Gasteiger partial charge on any atom is -0.383 e. The number of hydrogen-bond donors (Lipinski definition) is 0. The van der Waals surface area contributed by atoms with E-state index in [0.717, 1.165) is 0 Å². The van der Waals surface area contributed by atoms with Gasteiger partial charge in [-0.2, -0.15) is 5.26 Å². The molecule has 5 heteroatoms. The quantitative estimate of drug-likeness (QED) is 0.732. The molecule has 0 aromatic carbocycles. The fourth-order valence-electron chi connectivity index (χ4n) is 1.09. The predicted molar refractivity (Wildman–Crippen MR) is 59.1 cm³/mol. The maximum Gasteiger partial charge on any atom is 0.132 e. The summed E-state index contributed by atoms with van der Waals surface area (Å²) in [4.78, 5) is 6.00. The molecule has 0 N–H and O–H groups in total. The van der Waals surface area contributed by atoms with Crippen LogP contribution in [-0.4, -0.2) is 32.3 Å². The van der Waals surface area contributed by atoms with Crippen molar-refractivity contribution in [1.29, 1.82) is 5.26 Å². The molecule has 15 heavy (non-hydrogen) atoms. The van der Waals surface area contributed by atoms with Crippen LogP contribution in [0.1, 0.15) is 5.56 Å². The third kappa shape index (κ3) is 3.39. The molecule has 1 heterocycles. The van der Waals surface area contributed by atoms with Crippen LogP contribution in [-0.2, 0) is 4.74 Å². The van der Waals surface area contributed by atoms with Gasteiger partial charge in [-0.1, -0.05) is 11.6 Å². The normalized spacial score (nSPS) is 9.73. The number of methoxy groups -OCH3 is 1. The Kier molecular flexibility index (Phi) is 4.35. The Labute approximate surface area is 94.0 Å². The number of pyridine rings is 1. The molecule has 1 rings (SSSR count). The fraction of sp³-hybridized carbons (Fsp3) is 0.400. The van der Waals surface area contributed by atoms with Crippen LogP contribution in [0.4, 0.5) is 5.82 Å². The minimum absolute atomic E-state index is 0.327. The van der Waals surface area contributed by atoms with E-state index in [1.807, 2.05) is 18.0 Å². The van der Waals surface area contributed by atoms with Crippen molar-refractivity contribution in [2.45, 2.75) is 0 Å². The maximum absolute atomic E-state index is 8.76. The molecule has 1 aromatic rings. The minimum atomic E-state index is 0.327. The molecule has 4 nitrogen and oxygen atoms in total. The molecule has 0 saturated heterocycles. The summed E-state index contributed by atoms with van der Waals surface area (Å²) in [5.41, 5.74) is 0.509. The summed E-state index contributed by atoms with van der Waals surface area (Å²) in [5, 5.41) is 9.09. The Hall–Kier alpha value is -1.31. The number of nitrogens with zero attached hydrogens (tertiary/aromatic N) is 3. The lowest BCUT2D eigenvalue weighted by molar-refractivity contribution is 0.206. The summed E-state index contributed by atoms with van der Waals surface area (Å²) in [6.45, 7) is 1.31. The first-order chi connectivity index (χ1) is 7.17. The lowest BCUT2D eigenvalue weighted by Gasteiger charge is -2.17. The van der Waals surface area contributed by atoms with Crippen molar-refractivity contribution in [3.05, 3.63) is 22.8 Å². The van der Waals surface area contributed by atoms with Crippen molar-refractivity contribution in [1.82, 2.24) is 4.98 Å². The van der Waals surface area contributed by atoms with Gasteiger partial charge in [0.1, 0.15) is 11.0 Å². The highest BCUT2D eigenvalue weighted by atomic mass is 35.5. The monoisotopic (exact) mass is 225 g/mol. The van der Waals surface area contributed by atoms with Crippen molar-refractivity contribution in [3.63, 3.8) is 0 Å². The van der Waals surface area contributed by atoms with E-state index < -0.39 is 0 Å². The molecule has 0 unspecified atom stereocenters. The molecule has 0 atom stereocenters. The van der Waals surface area contributed by atoms with Crippen LogP contribution >= 0.6 is 11.6 Å². The summed E-state index contributed by atoms with van der Waals surface area (Å²) in [5.74, 6) is 0.677. The number of aromatic nitrogens is 1. The first-order valence-electron chi connectivity index (χ1n) is 4.45. The summed E-state index contributed by atoms with van der Waals surface area (Å²) in [6.07, 6.45) is 0. The Balaban J connectivity index is 2.84. The van der Waals surface area contributed by atoms with Crippen molar-refractivity contribution in [2.24, 2.45) is 0 Å². The second-order valence-corrected chi connectivity index (χ2v) is 3.45. The van der Waals surface area contributed by atoms with Gasteiger partial charge in [-0.25, -0.2) is 4.98 Å². The zero-order chi connectivity index (χ0) is 11.3. The molecule has 0 amide bonds. The van der Waals surface area contributed by atoms with Gasteiger partial charge in [-0.05, 0) is 12.1 Å². The van der Waals surface area contributed by atoms with Crippen molar-refractivity contribution < 1.29 is 4.74 Å². The van der Waals surface area contributed by atoms with E-state index in [2.05, 4.69) is 4.98 Å². The van der Waals surface area contributed by atoms with Crippen LogP contribution < -0.4 is 4.90 Å². The molecule has 0 fully saturated rings. The summed E-state index contributed by atoms with van der Waals surface area (Å²) in [7, 11) is 3.51.